The summed E-state index contributed by atoms with van der Waals surface area (Å²) in [4.78, 5) is 52.8. The van der Waals surface area contributed by atoms with Crippen molar-refractivity contribution in [1.82, 2.24) is 10.2 Å². The molecule has 5 saturated carbocycles. The van der Waals surface area contributed by atoms with Crippen LogP contribution in [0.3, 0.4) is 0 Å². The number of rotatable bonds is 10. The third kappa shape index (κ3) is 6.80. The smallest absolute Gasteiger partial charge is 0.306 e. The third-order valence-corrected chi connectivity index (χ3v) is 17.5. The summed E-state index contributed by atoms with van der Waals surface area (Å²) in [5.74, 6) is 1.61. The van der Waals surface area contributed by atoms with Crippen molar-refractivity contribution in [3.8, 4) is 0 Å². The number of esters is 1. The van der Waals surface area contributed by atoms with E-state index in [2.05, 4.69) is 58.3 Å². The van der Waals surface area contributed by atoms with Crippen molar-refractivity contribution in [2.24, 2.45) is 62.1 Å². The Bertz CT molecular complexity index is 1490. The lowest BCUT2D eigenvalue weighted by Crippen LogP contribution is -2.67. The molecule has 2 N–H and O–H groups in total. The summed E-state index contributed by atoms with van der Waals surface area (Å²) in [5, 5.41) is 12.3. The summed E-state index contributed by atoms with van der Waals surface area (Å²) in [6, 6.07) is 0.102. The molecule has 2 amide bonds. The number of carbonyl (C=O) groups excluding carboxylic acids is 3. The van der Waals surface area contributed by atoms with Crippen LogP contribution in [-0.4, -0.2) is 59.0 Å². The molecule has 6 fully saturated rings. The van der Waals surface area contributed by atoms with Gasteiger partial charge >= 0.3 is 11.9 Å². The van der Waals surface area contributed by atoms with E-state index in [-0.39, 0.29) is 63.9 Å². The normalized spacial score (nSPS) is 41.7. The highest BCUT2D eigenvalue weighted by molar-refractivity contribution is 5.78. The minimum absolute atomic E-state index is 0.0132. The van der Waals surface area contributed by atoms with Gasteiger partial charge in [0, 0.05) is 37.9 Å². The first kappa shape index (κ1) is 40.3. The molecule has 5 aliphatic carbocycles. The van der Waals surface area contributed by atoms with E-state index in [1.165, 1.54) is 31.3 Å². The van der Waals surface area contributed by atoms with Gasteiger partial charge in [0.2, 0.25) is 11.8 Å². The van der Waals surface area contributed by atoms with Crippen LogP contribution < -0.4 is 5.32 Å². The van der Waals surface area contributed by atoms with E-state index in [9.17, 15) is 24.3 Å². The standard InChI is InChI=1S/C45H72N2O6/c1-28(2)31-15-20-45(24-36(49)47-23-11-12-30(47)27-46-29(3)48)22-21-43(9)32(39(31)45)13-14-34-42(8)18-17-35(41(6,7)33(42)16-19-44(34,43)10)53-38(52)26-40(4,5)25-37(50)51/h30-35,39H,1,11-27H2,2-10H3,(H,46,48)(H,50,51)/t30-,31+,32-,33+,34-,35+,39-,42+,43-,44-,45-/m1/s1. The maximum absolute atomic E-state index is 14.3. The van der Waals surface area contributed by atoms with Crippen molar-refractivity contribution in [1.29, 1.82) is 0 Å². The van der Waals surface area contributed by atoms with Crippen LogP contribution >= 0.6 is 0 Å². The zero-order chi connectivity index (χ0) is 38.9. The van der Waals surface area contributed by atoms with Crippen molar-refractivity contribution in [2.45, 2.75) is 171 Å². The zero-order valence-corrected chi connectivity index (χ0v) is 34.7. The summed E-state index contributed by atoms with van der Waals surface area (Å²) in [7, 11) is 0. The lowest BCUT2D eigenvalue weighted by molar-refractivity contribution is -0.250. The summed E-state index contributed by atoms with van der Waals surface area (Å²) < 4.78 is 6.29. The molecule has 53 heavy (non-hydrogen) atoms. The van der Waals surface area contributed by atoms with E-state index in [0.717, 1.165) is 57.9 Å². The van der Waals surface area contributed by atoms with Gasteiger partial charge in [-0.25, -0.2) is 0 Å². The fourth-order valence-corrected chi connectivity index (χ4v) is 14.9. The summed E-state index contributed by atoms with van der Waals surface area (Å²) >= 11 is 0. The number of nitrogens with zero attached hydrogens (tertiary/aromatic N) is 1. The molecular weight excluding hydrogens is 665 g/mol. The second-order valence-electron chi connectivity index (χ2n) is 21.3. The molecule has 0 unspecified atom stereocenters. The van der Waals surface area contributed by atoms with Crippen LogP contribution in [0.15, 0.2) is 12.2 Å². The Balaban J connectivity index is 1.22. The van der Waals surface area contributed by atoms with Crippen LogP contribution in [0.5, 0.6) is 0 Å². The number of nitrogens with one attached hydrogen (secondary N) is 1. The van der Waals surface area contributed by atoms with Crippen molar-refractivity contribution < 1.29 is 29.0 Å². The highest BCUT2D eigenvalue weighted by Gasteiger charge is 2.71. The topological polar surface area (TPSA) is 113 Å². The van der Waals surface area contributed by atoms with Gasteiger partial charge in [-0.2, -0.15) is 0 Å². The minimum Gasteiger partial charge on any atom is -0.481 e. The fourth-order valence-electron chi connectivity index (χ4n) is 14.9. The fraction of sp³-hybridized carbons (Fsp3) is 0.867. The maximum Gasteiger partial charge on any atom is 0.306 e. The third-order valence-electron chi connectivity index (χ3n) is 17.5. The molecule has 0 radical (unpaired) electrons. The summed E-state index contributed by atoms with van der Waals surface area (Å²) in [6.07, 6.45) is 13.6. The van der Waals surface area contributed by atoms with Gasteiger partial charge in [-0.05, 0) is 141 Å². The Morgan fingerprint density at radius 2 is 1.57 bits per heavy atom. The lowest BCUT2D eigenvalue weighted by atomic mass is 9.32. The van der Waals surface area contributed by atoms with E-state index >= 15 is 0 Å². The molecule has 0 spiro atoms. The number of hydrogen-bond acceptors (Lipinski definition) is 5. The predicted octanol–water partition coefficient (Wildman–Crippen LogP) is 8.96. The molecule has 6 rings (SSSR count). The average Bonchev–Trinajstić information content (AvgIpc) is 3.66. The van der Waals surface area contributed by atoms with Gasteiger partial charge in [0.25, 0.3) is 0 Å². The molecule has 1 saturated heterocycles. The monoisotopic (exact) mass is 737 g/mol. The Hall–Kier alpha value is -2.38. The van der Waals surface area contributed by atoms with E-state index in [1.807, 2.05) is 13.8 Å². The van der Waals surface area contributed by atoms with Crippen LogP contribution in [0.25, 0.3) is 0 Å². The van der Waals surface area contributed by atoms with Crippen molar-refractivity contribution in [3.63, 3.8) is 0 Å². The number of carbonyl (C=O) groups is 4. The van der Waals surface area contributed by atoms with E-state index in [4.69, 9.17) is 4.74 Å². The zero-order valence-electron chi connectivity index (χ0n) is 34.7. The first-order valence-electron chi connectivity index (χ1n) is 21.2. The molecule has 0 aromatic carbocycles. The second kappa shape index (κ2) is 14.0. The van der Waals surface area contributed by atoms with Gasteiger partial charge in [0.1, 0.15) is 6.10 Å². The Morgan fingerprint density at radius 1 is 0.849 bits per heavy atom. The van der Waals surface area contributed by atoms with Gasteiger partial charge < -0.3 is 20.1 Å². The van der Waals surface area contributed by atoms with Gasteiger partial charge in [-0.1, -0.05) is 60.6 Å². The molecule has 0 aromatic rings. The number of aliphatic carboxylic acids is 1. The Morgan fingerprint density at radius 3 is 2.23 bits per heavy atom. The average molecular weight is 737 g/mol. The molecular formula is C45H72N2O6. The molecule has 11 atom stereocenters. The van der Waals surface area contributed by atoms with Gasteiger partial charge in [0.05, 0.1) is 12.8 Å². The maximum atomic E-state index is 14.3. The largest absolute Gasteiger partial charge is 0.481 e. The highest BCUT2D eigenvalue weighted by Crippen LogP contribution is 2.78. The van der Waals surface area contributed by atoms with Crippen molar-refractivity contribution >= 4 is 23.8 Å². The van der Waals surface area contributed by atoms with Crippen LogP contribution in [0.2, 0.25) is 0 Å². The second-order valence-corrected chi connectivity index (χ2v) is 21.3. The Labute approximate surface area is 320 Å². The first-order valence-corrected chi connectivity index (χ1v) is 21.2. The highest BCUT2D eigenvalue weighted by atomic mass is 16.5. The minimum atomic E-state index is -0.888. The van der Waals surface area contributed by atoms with Crippen molar-refractivity contribution in [2.75, 3.05) is 13.1 Å². The number of carboxylic acid groups (broad SMARTS) is 1. The van der Waals surface area contributed by atoms with Gasteiger partial charge in [0.15, 0.2) is 0 Å². The molecule has 1 heterocycles. The SMILES string of the molecule is C=C(C)[C@@H]1CC[C@]2(CC(=O)N3CCC[C@@H]3CNC(C)=O)CC[C@]3(C)[C@H](CC[C@@H]4[C@@]5(C)CC[C@H](OC(=O)CC(C)(C)CC(=O)O)C(C)(C)[C@@H]5CC[C@]43C)[C@@H]12. The van der Waals surface area contributed by atoms with Crippen LogP contribution in [0.1, 0.15) is 159 Å². The van der Waals surface area contributed by atoms with Gasteiger partial charge in [-0.15, -0.1) is 0 Å². The molecule has 8 nitrogen and oxygen atoms in total. The summed E-state index contributed by atoms with van der Waals surface area (Å²) in [6.45, 7) is 25.9. The quantitative estimate of drug-likeness (QED) is 0.171. The van der Waals surface area contributed by atoms with Gasteiger partial charge in [-0.3, -0.25) is 19.2 Å². The molecule has 298 valence electrons. The first-order chi connectivity index (χ1) is 24.6. The number of ether oxygens (including phenoxy) is 1. The van der Waals surface area contributed by atoms with Crippen molar-refractivity contribution in [3.05, 3.63) is 12.2 Å². The van der Waals surface area contributed by atoms with E-state index in [0.29, 0.717) is 48.5 Å². The number of allylic oxidation sites excluding steroid dienone is 1. The summed E-state index contributed by atoms with van der Waals surface area (Å²) in [5.41, 5.74) is 0.978. The molecule has 0 aromatic heterocycles. The molecule has 0 bridgehead atoms. The van der Waals surface area contributed by atoms with E-state index < -0.39 is 11.4 Å². The van der Waals surface area contributed by atoms with Crippen LogP contribution in [0.4, 0.5) is 0 Å². The molecule has 8 heteroatoms. The number of carboxylic acids is 1. The Kier molecular flexibility index (Phi) is 10.6. The van der Waals surface area contributed by atoms with Crippen LogP contribution in [0, 0.1) is 62.1 Å². The van der Waals surface area contributed by atoms with Crippen LogP contribution in [-0.2, 0) is 23.9 Å². The lowest BCUT2D eigenvalue weighted by Gasteiger charge is -2.73. The molecule has 1 aliphatic heterocycles. The predicted molar refractivity (Wildman–Crippen MR) is 208 cm³/mol. The van der Waals surface area contributed by atoms with E-state index in [1.54, 1.807) is 6.92 Å². The number of likely N-dealkylation sites (tertiary alicyclic amines) is 1. The number of fused-ring (bicyclic) bond motifs is 7. The number of hydrogen-bond donors (Lipinski definition) is 2. The number of amides is 2. The molecule has 6 aliphatic rings.